The molecule has 0 aliphatic carbocycles. The van der Waals surface area contributed by atoms with Crippen LogP contribution in [-0.2, 0) is 12.8 Å². The van der Waals surface area contributed by atoms with Gasteiger partial charge in [-0.25, -0.2) is 0 Å². The third-order valence-corrected chi connectivity index (χ3v) is 15.4. The van der Waals surface area contributed by atoms with Crippen LogP contribution in [0.5, 0.6) is 0 Å². The first-order valence-electron chi connectivity index (χ1n) is 24.9. The van der Waals surface area contributed by atoms with E-state index in [4.69, 9.17) is 0 Å². The monoisotopic (exact) mass is 831 g/mol. The van der Waals surface area contributed by atoms with Crippen molar-refractivity contribution in [3.05, 3.63) is 64.1 Å². The van der Waals surface area contributed by atoms with Gasteiger partial charge in [0, 0.05) is 20.2 Å². The quantitative estimate of drug-likeness (QED) is 0.0379. The number of fused-ring (bicyclic) bond motifs is 1. The number of aryl methyl sites for hydroxylation is 2. The molecule has 58 heavy (non-hydrogen) atoms. The number of benzene rings is 1. The van der Waals surface area contributed by atoms with E-state index in [1.165, 1.54) is 189 Å². The molecule has 2 heteroatoms. The predicted octanol–water partition coefficient (Wildman–Crippen LogP) is 20.4. The van der Waals surface area contributed by atoms with Crippen LogP contribution in [-0.4, -0.2) is 5.75 Å². The fraction of sp³-hybridized carbons (Fsp3) is 0.714. The molecule has 0 saturated carbocycles. The van der Waals surface area contributed by atoms with Crippen LogP contribution in [0, 0.1) is 17.3 Å². The lowest BCUT2D eigenvalue weighted by atomic mass is 9.86. The molecule has 0 spiro atoms. The SMILES string of the molecule is C=Cc1c(SCC(C)(C)C)c(CCC(CCCCC)CCCCCCCC)c2cc(/C=C/C=C(\CC)C(=C)C)sc2c1CCC(CCCCC)CCCCCCCC. The maximum Gasteiger partial charge on any atom is 0.0390 e. The molecular formula is C56H94S2. The van der Waals surface area contributed by atoms with Crippen molar-refractivity contribution in [2.24, 2.45) is 17.3 Å². The van der Waals surface area contributed by atoms with Gasteiger partial charge in [0.05, 0.1) is 0 Å². The number of hydrogen-bond donors (Lipinski definition) is 0. The van der Waals surface area contributed by atoms with Crippen molar-refractivity contribution < 1.29 is 0 Å². The van der Waals surface area contributed by atoms with E-state index in [0.717, 1.165) is 24.0 Å². The summed E-state index contributed by atoms with van der Waals surface area (Å²) >= 11 is 4.19. The Morgan fingerprint density at radius 2 is 1.14 bits per heavy atom. The molecule has 0 aliphatic rings. The number of rotatable bonds is 35. The molecule has 2 rings (SSSR count). The van der Waals surface area contributed by atoms with Gasteiger partial charge in [-0.3, -0.25) is 0 Å². The highest BCUT2D eigenvalue weighted by Crippen LogP contribution is 2.45. The molecule has 0 bridgehead atoms. The van der Waals surface area contributed by atoms with Gasteiger partial charge in [0.2, 0.25) is 0 Å². The lowest BCUT2D eigenvalue weighted by Crippen LogP contribution is -2.11. The summed E-state index contributed by atoms with van der Waals surface area (Å²) in [5, 5.41) is 1.55. The van der Waals surface area contributed by atoms with Crippen LogP contribution >= 0.6 is 23.1 Å². The summed E-state index contributed by atoms with van der Waals surface area (Å²) in [6, 6.07) is 2.58. The lowest BCUT2D eigenvalue weighted by Gasteiger charge is -2.25. The van der Waals surface area contributed by atoms with Crippen molar-refractivity contribution in [2.45, 2.75) is 241 Å². The van der Waals surface area contributed by atoms with E-state index in [2.05, 4.69) is 118 Å². The molecule has 0 radical (unpaired) electrons. The molecule has 2 aromatic rings. The zero-order valence-corrected chi connectivity index (χ0v) is 41.7. The van der Waals surface area contributed by atoms with Gasteiger partial charge < -0.3 is 0 Å². The first kappa shape index (κ1) is 52.6. The summed E-state index contributed by atoms with van der Waals surface area (Å²) < 4.78 is 1.55. The van der Waals surface area contributed by atoms with E-state index < -0.39 is 0 Å². The Labute approximate surface area is 371 Å². The van der Waals surface area contributed by atoms with Crippen molar-refractivity contribution >= 4 is 45.3 Å². The second-order valence-electron chi connectivity index (χ2n) is 19.2. The van der Waals surface area contributed by atoms with Gasteiger partial charge in [-0.15, -0.1) is 23.1 Å². The lowest BCUT2D eigenvalue weighted by molar-refractivity contribution is 0.382. The molecule has 0 fully saturated rings. The van der Waals surface area contributed by atoms with E-state index in [9.17, 15) is 0 Å². The van der Waals surface area contributed by atoms with Crippen molar-refractivity contribution in [3.8, 4) is 0 Å². The average Bonchev–Trinajstić information content (AvgIpc) is 3.62. The molecule has 0 aliphatic heterocycles. The Morgan fingerprint density at radius 3 is 1.60 bits per heavy atom. The van der Waals surface area contributed by atoms with Crippen molar-refractivity contribution in [1.82, 2.24) is 0 Å². The van der Waals surface area contributed by atoms with E-state index in [0.29, 0.717) is 0 Å². The van der Waals surface area contributed by atoms with Gasteiger partial charge >= 0.3 is 0 Å². The normalized spacial score (nSPS) is 13.6. The second kappa shape index (κ2) is 31.4. The number of thiophene rings is 1. The maximum atomic E-state index is 4.60. The van der Waals surface area contributed by atoms with Crippen LogP contribution in [0.2, 0.25) is 0 Å². The Hall–Kier alpha value is -1.51. The Bertz CT molecular complexity index is 1460. The zero-order valence-electron chi connectivity index (χ0n) is 40.1. The molecule has 2 unspecified atom stereocenters. The fourth-order valence-electron chi connectivity index (χ4n) is 8.83. The smallest absolute Gasteiger partial charge is 0.0390 e. The standard InChI is InChI=1S/C56H94S2/c1-12-18-22-24-26-30-35-46(33-28-20-14-3)39-41-51-50(17-6)54(57-44-56(9,10)11)52(42-40-47(34-29-21-15-4)36-31-27-25-23-19-13-2)53-43-49(58-55(51)53)38-32-37-48(16-5)45(7)8/h17,32,37-38,43,46-47H,6-7,12-16,18-31,33-36,39-42,44H2,1-5,8-11H3/b38-32+,48-37+. The minimum Gasteiger partial charge on any atom is -0.136 e. The second-order valence-corrected chi connectivity index (χ2v) is 21.3. The number of allylic oxidation sites excluding steroid dienone is 4. The third kappa shape index (κ3) is 20.8. The van der Waals surface area contributed by atoms with Crippen LogP contribution in [0.1, 0.15) is 244 Å². The van der Waals surface area contributed by atoms with E-state index in [1.54, 1.807) is 26.1 Å². The average molecular weight is 832 g/mol. The molecule has 1 aromatic heterocycles. The van der Waals surface area contributed by atoms with Crippen molar-refractivity contribution in [1.29, 1.82) is 0 Å². The predicted molar refractivity (Wildman–Crippen MR) is 272 cm³/mol. The van der Waals surface area contributed by atoms with Gasteiger partial charge in [0.15, 0.2) is 0 Å². The van der Waals surface area contributed by atoms with Gasteiger partial charge in [-0.1, -0.05) is 234 Å². The Kier molecular flexibility index (Phi) is 28.4. The van der Waals surface area contributed by atoms with Crippen LogP contribution < -0.4 is 0 Å². The van der Waals surface area contributed by atoms with Crippen LogP contribution in [0.4, 0.5) is 0 Å². The first-order chi connectivity index (χ1) is 28.0. The van der Waals surface area contributed by atoms with E-state index in [-0.39, 0.29) is 5.41 Å². The summed E-state index contributed by atoms with van der Waals surface area (Å²) in [6.45, 7) is 29.8. The number of hydrogen-bond acceptors (Lipinski definition) is 2. The summed E-state index contributed by atoms with van der Waals surface area (Å²) in [5.41, 5.74) is 7.46. The molecule has 1 heterocycles. The minimum atomic E-state index is 0.257. The molecule has 2 atom stereocenters. The summed E-state index contributed by atoms with van der Waals surface area (Å²) in [5.74, 6) is 2.77. The number of thioether (sulfide) groups is 1. The van der Waals surface area contributed by atoms with Crippen LogP contribution in [0.15, 0.2) is 47.4 Å². The number of unbranched alkanes of at least 4 members (excludes halogenated alkanes) is 14. The zero-order chi connectivity index (χ0) is 42.6. The molecule has 0 saturated heterocycles. The maximum absolute atomic E-state index is 4.60. The third-order valence-electron chi connectivity index (χ3n) is 12.5. The highest BCUT2D eigenvalue weighted by molar-refractivity contribution is 7.99. The van der Waals surface area contributed by atoms with Gasteiger partial charge in [-0.05, 0) is 96.1 Å². The summed E-state index contributed by atoms with van der Waals surface area (Å²) in [4.78, 5) is 2.94. The first-order valence-corrected chi connectivity index (χ1v) is 26.7. The van der Waals surface area contributed by atoms with Gasteiger partial charge in [0.25, 0.3) is 0 Å². The largest absolute Gasteiger partial charge is 0.136 e. The molecule has 0 amide bonds. The molecular weight excluding hydrogens is 737 g/mol. The van der Waals surface area contributed by atoms with E-state index in [1.807, 2.05) is 11.3 Å². The van der Waals surface area contributed by atoms with Gasteiger partial charge in [-0.2, -0.15) is 0 Å². The van der Waals surface area contributed by atoms with E-state index >= 15 is 0 Å². The summed E-state index contributed by atoms with van der Waals surface area (Å²) in [7, 11) is 0. The highest BCUT2D eigenvalue weighted by Gasteiger charge is 2.24. The highest BCUT2D eigenvalue weighted by atomic mass is 32.2. The minimum absolute atomic E-state index is 0.257. The van der Waals surface area contributed by atoms with Crippen LogP contribution in [0.25, 0.3) is 22.2 Å². The van der Waals surface area contributed by atoms with Crippen LogP contribution in [0.3, 0.4) is 0 Å². The Balaban J connectivity index is 2.67. The molecule has 0 nitrogen and oxygen atoms in total. The van der Waals surface area contributed by atoms with Crippen molar-refractivity contribution in [3.63, 3.8) is 0 Å². The molecule has 330 valence electrons. The topological polar surface area (TPSA) is 0 Å². The van der Waals surface area contributed by atoms with Crippen molar-refractivity contribution in [2.75, 3.05) is 5.75 Å². The van der Waals surface area contributed by atoms with Gasteiger partial charge in [0.1, 0.15) is 0 Å². The fourth-order valence-corrected chi connectivity index (χ4v) is 11.3. The summed E-state index contributed by atoms with van der Waals surface area (Å²) in [6.07, 6.45) is 45.7. The Morgan fingerprint density at radius 1 is 0.672 bits per heavy atom. The molecule has 1 aromatic carbocycles. The molecule has 0 N–H and O–H groups in total.